The molecule has 19 heavy (non-hydrogen) atoms. The van der Waals surface area contributed by atoms with E-state index in [9.17, 15) is 9.59 Å². The zero-order valence-electron chi connectivity index (χ0n) is 11.7. The van der Waals surface area contributed by atoms with Crippen molar-refractivity contribution in [3.63, 3.8) is 0 Å². The van der Waals surface area contributed by atoms with Crippen molar-refractivity contribution < 1.29 is 9.59 Å². The Morgan fingerprint density at radius 3 is 2.68 bits per heavy atom. The summed E-state index contributed by atoms with van der Waals surface area (Å²) in [4.78, 5) is 23.1. The van der Waals surface area contributed by atoms with E-state index >= 15 is 0 Å². The Labute approximate surface area is 113 Å². The molecule has 0 fully saturated rings. The molecule has 2 amide bonds. The van der Waals surface area contributed by atoms with Gasteiger partial charge < -0.3 is 10.6 Å². The lowest BCUT2D eigenvalue weighted by Gasteiger charge is -2.19. The molecule has 6 nitrogen and oxygen atoms in total. The molecule has 0 saturated carbocycles. The molecule has 1 atom stereocenters. The Balaban J connectivity index is 2.40. The number of H-pyrrole nitrogens is 1. The van der Waals surface area contributed by atoms with E-state index < -0.39 is 6.04 Å². The molecule has 0 aliphatic rings. The van der Waals surface area contributed by atoms with Gasteiger partial charge in [0.25, 0.3) is 0 Å². The standard InChI is InChI=1S/C13H22N4O2/c1-9(2)6-12(17-10(3)18)13(19)14-5-4-11-7-15-16-8-11/h7-9,12H,4-6H2,1-3H3,(H,14,19)(H,15,16)(H,17,18)/t12-/m0/s1. The van der Waals surface area contributed by atoms with E-state index in [4.69, 9.17) is 0 Å². The van der Waals surface area contributed by atoms with Crippen LogP contribution in [-0.2, 0) is 16.0 Å². The third kappa shape index (κ3) is 6.03. The van der Waals surface area contributed by atoms with Gasteiger partial charge in [-0.3, -0.25) is 14.7 Å². The summed E-state index contributed by atoms with van der Waals surface area (Å²) in [6.45, 7) is 6.00. The van der Waals surface area contributed by atoms with Gasteiger partial charge in [0, 0.05) is 19.7 Å². The molecule has 1 rings (SSSR count). The first-order valence-corrected chi connectivity index (χ1v) is 6.51. The minimum atomic E-state index is -0.457. The van der Waals surface area contributed by atoms with E-state index in [1.54, 1.807) is 12.4 Å². The van der Waals surface area contributed by atoms with Gasteiger partial charge in [-0.2, -0.15) is 5.10 Å². The predicted molar refractivity (Wildman–Crippen MR) is 72.4 cm³/mol. The molecule has 0 radical (unpaired) electrons. The lowest BCUT2D eigenvalue weighted by atomic mass is 10.0. The molecule has 106 valence electrons. The maximum atomic E-state index is 12.0. The number of carbonyl (C=O) groups is 2. The molecule has 0 unspecified atom stereocenters. The second-order valence-electron chi connectivity index (χ2n) is 5.03. The van der Waals surface area contributed by atoms with Gasteiger partial charge in [0.2, 0.25) is 11.8 Å². The largest absolute Gasteiger partial charge is 0.354 e. The number of carbonyl (C=O) groups excluding carboxylic acids is 2. The van der Waals surface area contributed by atoms with Crippen LogP contribution in [-0.4, -0.2) is 34.6 Å². The second kappa shape index (κ2) is 7.56. The SMILES string of the molecule is CC(=O)N[C@@H](CC(C)C)C(=O)NCCc1cn[nH]c1. The van der Waals surface area contributed by atoms with Crippen LogP contribution in [0.4, 0.5) is 0 Å². The smallest absolute Gasteiger partial charge is 0.242 e. The lowest BCUT2D eigenvalue weighted by Crippen LogP contribution is -2.47. The van der Waals surface area contributed by atoms with E-state index in [-0.39, 0.29) is 11.8 Å². The third-order valence-corrected chi connectivity index (χ3v) is 2.67. The van der Waals surface area contributed by atoms with Crippen LogP contribution in [0, 0.1) is 5.92 Å². The summed E-state index contributed by atoms with van der Waals surface area (Å²) >= 11 is 0. The van der Waals surface area contributed by atoms with E-state index in [0.29, 0.717) is 18.9 Å². The molecule has 1 aromatic rings. The number of aromatic nitrogens is 2. The minimum absolute atomic E-state index is 0.132. The highest BCUT2D eigenvalue weighted by molar-refractivity contribution is 5.86. The topological polar surface area (TPSA) is 86.9 Å². The van der Waals surface area contributed by atoms with Crippen LogP contribution < -0.4 is 10.6 Å². The van der Waals surface area contributed by atoms with Gasteiger partial charge in [0.05, 0.1) is 6.20 Å². The van der Waals surface area contributed by atoms with Crippen molar-refractivity contribution in [1.29, 1.82) is 0 Å². The van der Waals surface area contributed by atoms with Crippen LogP contribution in [0.2, 0.25) is 0 Å². The molecular formula is C13H22N4O2. The van der Waals surface area contributed by atoms with Gasteiger partial charge in [-0.1, -0.05) is 13.8 Å². The van der Waals surface area contributed by atoms with E-state index in [1.165, 1.54) is 6.92 Å². The summed E-state index contributed by atoms with van der Waals surface area (Å²) < 4.78 is 0. The highest BCUT2D eigenvalue weighted by Gasteiger charge is 2.19. The summed E-state index contributed by atoms with van der Waals surface area (Å²) in [7, 11) is 0. The molecule has 0 saturated heterocycles. The average molecular weight is 266 g/mol. The van der Waals surface area contributed by atoms with Crippen LogP contribution in [0.5, 0.6) is 0 Å². The zero-order valence-corrected chi connectivity index (χ0v) is 11.7. The van der Waals surface area contributed by atoms with E-state index in [0.717, 1.165) is 12.0 Å². The first-order valence-electron chi connectivity index (χ1n) is 6.51. The number of nitrogens with zero attached hydrogens (tertiary/aromatic N) is 1. The van der Waals surface area contributed by atoms with Crippen LogP contribution in [0.25, 0.3) is 0 Å². The van der Waals surface area contributed by atoms with Gasteiger partial charge in [0.15, 0.2) is 0 Å². The first-order chi connectivity index (χ1) is 8.99. The van der Waals surface area contributed by atoms with Gasteiger partial charge in [0.1, 0.15) is 6.04 Å². The second-order valence-corrected chi connectivity index (χ2v) is 5.03. The van der Waals surface area contributed by atoms with Crippen molar-refractivity contribution in [1.82, 2.24) is 20.8 Å². The van der Waals surface area contributed by atoms with Crippen LogP contribution >= 0.6 is 0 Å². The number of hydrogen-bond donors (Lipinski definition) is 3. The molecule has 0 bridgehead atoms. The van der Waals surface area contributed by atoms with Crippen LogP contribution in [0.3, 0.4) is 0 Å². The summed E-state index contributed by atoms with van der Waals surface area (Å²) in [6, 6.07) is -0.457. The van der Waals surface area contributed by atoms with Gasteiger partial charge in [-0.15, -0.1) is 0 Å². The molecule has 0 aliphatic heterocycles. The fourth-order valence-electron chi connectivity index (χ4n) is 1.82. The highest BCUT2D eigenvalue weighted by Crippen LogP contribution is 2.05. The molecule has 3 N–H and O–H groups in total. The third-order valence-electron chi connectivity index (χ3n) is 2.67. The summed E-state index contributed by atoms with van der Waals surface area (Å²) in [6.07, 6.45) is 4.88. The Morgan fingerprint density at radius 1 is 1.42 bits per heavy atom. The van der Waals surface area contributed by atoms with Crippen LogP contribution in [0.1, 0.15) is 32.8 Å². The van der Waals surface area contributed by atoms with Gasteiger partial charge >= 0.3 is 0 Å². The highest BCUT2D eigenvalue weighted by atomic mass is 16.2. The molecule has 6 heteroatoms. The Kier molecular flexibility index (Phi) is 6.05. The molecule has 0 aromatic carbocycles. The number of amides is 2. The number of nitrogens with one attached hydrogen (secondary N) is 3. The fourth-order valence-corrected chi connectivity index (χ4v) is 1.82. The molecule has 0 aliphatic carbocycles. The van der Waals surface area contributed by atoms with E-state index in [2.05, 4.69) is 20.8 Å². The minimum Gasteiger partial charge on any atom is -0.354 e. The fraction of sp³-hybridized carbons (Fsp3) is 0.615. The number of rotatable bonds is 7. The Hall–Kier alpha value is -1.85. The molecule has 1 aromatic heterocycles. The predicted octanol–water partition coefficient (Wildman–Crippen LogP) is 0.619. The summed E-state index contributed by atoms with van der Waals surface area (Å²) in [5.74, 6) is 0.0273. The van der Waals surface area contributed by atoms with Crippen molar-refractivity contribution in [2.24, 2.45) is 5.92 Å². The number of aromatic amines is 1. The average Bonchev–Trinajstić information content (AvgIpc) is 2.79. The zero-order chi connectivity index (χ0) is 14.3. The summed E-state index contributed by atoms with van der Waals surface area (Å²) in [5.41, 5.74) is 1.04. The first kappa shape index (κ1) is 15.2. The summed E-state index contributed by atoms with van der Waals surface area (Å²) in [5, 5.41) is 12.1. The Morgan fingerprint density at radius 2 is 2.16 bits per heavy atom. The monoisotopic (exact) mass is 266 g/mol. The maximum Gasteiger partial charge on any atom is 0.242 e. The molecule has 1 heterocycles. The lowest BCUT2D eigenvalue weighted by molar-refractivity contribution is -0.128. The van der Waals surface area contributed by atoms with Crippen molar-refractivity contribution in [3.05, 3.63) is 18.0 Å². The van der Waals surface area contributed by atoms with Crippen molar-refractivity contribution in [2.75, 3.05) is 6.54 Å². The number of hydrogen-bond acceptors (Lipinski definition) is 3. The Bertz CT molecular complexity index is 401. The molecular weight excluding hydrogens is 244 g/mol. The van der Waals surface area contributed by atoms with E-state index in [1.807, 2.05) is 13.8 Å². The quantitative estimate of drug-likeness (QED) is 0.676. The van der Waals surface area contributed by atoms with Crippen molar-refractivity contribution >= 4 is 11.8 Å². The normalized spacial score (nSPS) is 12.2. The van der Waals surface area contributed by atoms with Gasteiger partial charge in [-0.05, 0) is 24.3 Å². The van der Waals surface area contributed by atoms with Crippen molar-refractivity contribution in [2.45, 2.75) is 39.7 Å². The van der Waals surface area contributed by atoms with Crippen molar-refractivity contribution in [3.8, 4) is 0 Å². The molecule has 0 spiro atoms. The maximum absolute atomic E-state index is 12.0. The van der Waals surface area contributed by atoms with Crippen LogP contribution in [0.15, 0.2) is 12.4 Å². The van der Waals surface area contributed by atoms with Gasteiger partial charge in [-0.25, -0.2) is 0 Å².